The Balaban J connectivity index is 5.23. The fourth-order valence-corrected chi connectivity index (χ4v) is 2.55. The highest BCUT2D eigenvalue weighted by Crippen LogP contribution is 2.06. The molecule has 30 heavy (non-hydrogen) atoms. The standard InChI is InChI=1S/C17H30N4O8S/c1-7(2)12(20-14(25)9(18)4-5-11(23)24)15(26)21-13(8(3)22)16(27)19-10(6-30)17(28)29/h7-10,12-13,22,30H,4-6,18H2,1-3H3,(H,19,27)(H,20,25)(H,21,26)(H,23,24)(H,28,29). The van der Waals surface area contributed by atoms with E-state index < -0.39 is 65.8 Å². The van der Waals surface area contributed by atoms with Crippen LogP contribution in [0.15, 0.2) is 0 Å². The first-order chi connectivity index (χ1) is 13.8. The first-order valence-electron chi connectivity index (χ1n) is 9.22. The van der Waals surface area contributed by atoms with Gasteiger partial charge in [0.1, 0.15) is 18.1 Å². The zero-order valence-electron chi connectivity index (χ0n) is 17.0. The highest BCUT2D eigenvalue weighted by atomic mass is 32.1. The van der Waals surface area contributed by atoms with Crippen molar-refractivity contribution in [2.24, 2.45) is 11.7 Å². The summed E-state index contributed by atoms with van der Waals surface area (Å²) in [7, 11) is 0. The summed E-state index contributed by atoms with van der Waals surface area (Å²) in [4.78, 5) is 58.8. The van der Waals surface area contributed by atoms with Crippen LogP contribution in [0.4, 0.5) is 0 Å². The van der Waals surface area contributed by atoms with E-state index in [1.165, 1.54) is 6.92 Å². The van der Waals surface area contributed by atoms with Crippen molar-refractivity contribution in [3.05, 3.63) is 0 Å². The Hall–Kier alpha value is -2.38. The molecule has 0 saturated carbocycles. The molecule has 12 nitrogen and oxygen atoms in total. The summed E-state index contributed by atoms with van der Waals surface area (Å²) in [5.41, 5.74) is 5.64. The summed E-state index contributed by atoms with van der Waals surface area (Å²) in [6.07, 6.45) is -1.83. The Morgan fingerprint density at radius 1 is 0.900 bits per heavy atom. The molecule has 5 unspecified atom stereocenters. The summed E-state index contributed by atoms with van der Waals surface area (Å²) in [5, 5.41) is 34.4. The molecule has 0 spiro atoms. The Morgan fingerprint density at radius 3 is 1.80 bits per heavy atom. The van der Waals surface area contributed by atoms with Crippen LogP contribution in [-0.4, -0.2) is 81.0 Å². The van der Waals surface area contributed by atoms with Crippen LogP contribution in [0.2, 0.25) is 0 Å². The summed E-state index contributed by atoms with van der Waals surface area (Å²) in [6, 6.07) is -5.11. The van der Waals surface area contributed by atoms with Gasteiger partial charge < -0.3 is 37.0 Å². The number of aliphatic hydroxyl groups excluding tert-OH is 1. The molecule has 172 valence electrons. The van der Waals surface area contributed by atoms with Gasteiger partial charge in [0.05, 0.1) is 12.1 Å². The molecule has 0 aromatic carbocycles. The van der Waals surface area contributed by atoms with Crippen molar-refractivity contribution in [1.29, 1.82) is 0 Å². The van der Waals surface area contributed by atoms with Crippen molar-refractivity contribution >= 4 is 42.3 Å². The third-order valence-electron chi connectivity index (χ3n) is 4.11. The zero-order chi connectivity index (χ0) is 23.6. The van der Waals surface area contributed by atoms with E-state index in [0.717, 1.165) is 0 Å². The molecule has 0 heterocycles. The summed E-state index contributed by atoms with van der Waals surface area (Å²) in [6.45, 7) is 4.46. The lowest BCUT2D eigenvalue weighted by Gasteiger charge is -2.27. The van der Waals surface area contributed by atoms with Crippen molar-refractivity contribution in [2.75, 3.05) is 5.75 Å². The Kier molecular flexibility index (Phi) is 12.0. The van der Waals surface area contributed by atoms with Gasteiger partial charge in [-0.3, -0.25) is 19.2 Å². The molecule has 3 amide bonds. The van der Waals surface area contributed by atoms with Crippen LogP contribution >= 0.6 is 12.6 Å². The molecule has 8 N–H and O–H groups in total. The van der Waals surface area contributed by atoms with E-state index in [2.05, 4.69) is 28.6 Å². The minimum Gasteiger partial charge on any atom is -0.481 e. The molecule has 0 aromatic rings. The molecule has 5 atom stereocenters. The average molecular weight is 451 g/mol. The molecular weight excluding hydrogens is 420 g/mol. The monoisotopic (exact) mass is 450 g/mol. The Labute approximate surface area is 179 Å². The van der Waals surface area contributed by atoms with E-state index in [1.807, 2.05) is 0 Å². The third kappa shape index (κ3) is 9.41. The Morgan fingerprint density at radius 2 is 1.40 bits per heavy atom. The fraction of sp³-hybridized carbons (Fsp3) is 0.706. The van der Waals surface area contributed by atoms with Crippen molar-refractivity contribution in [1.82, 2.24) is 16.0 Å². The number of aliphatic carboxylic acids is 2. The van der Waals surface area contributed by atoms with E-state index in [1.54, 1.807) is 13.8 Å². The number of carboxylic acids is 2. The molecular formula is C17H30N4O8S. The SMILES string of the molecule is CC(C)C(NC(=O)C(N)CCC(=O)O)C(=O)NC(C(=O)NC(CS)C(=O)O)C(C)O. The van der Waals surface area contributed by atoms with Crippen molar-refractivity contribution in [3.8, 4) is 0 Å². The molecule has 0 rings (SSSR count). The lowest BCUT2D eigenvalue weighted by atomic mass is 10.0. The van der Waals surface area contributed by atoms with Gasteiger partial charge in [-0.05, 0) is 19.3 Å². The minimum absolute atomic E-state index is 0.132. The first-order valence-corrected chi connectivity index (χ1v) is 9.85. The number of carbonyl (C=O) groups is 5. The van der Waals surface area contributed by atoms with Crippen LogP contribution in [0.3, 0.4) is 0 Å². The Bertz CT molecular complexity index is 643. The van der Waals surface area contributed by atoms with Crippen molar-refractivity contribution in [3.63, 3.8) is 0 Å². The van der Waals surface area contributed by atoms with Crippen LogP contribution in [0, 0.1) is 5.92 Å². The fourth-order valence-electron chi connectivity index (χ4n) is 2.30. The minimum atomic E-state index is -1.49. The molecule has 13 heteroatoms. The van der Waals surface area contributed by atoms with Crippen molar-refractivity contribution < 1.29 is 39.3 Å². The van der Waals surface area contributed by atoms with Gasteiger partial charge in [0, 0.05) is 12.2 Å². The number of rotatable bonds is 13. The zero-order valence-corrected chi connectivity index (χ0v) is 17.9. The van der Waals surface area contributed by atoms with Gasteiger partial charge in [0.15, 0.2) is 0 Å². The number of nitrogens with two attached hydrogens (primary N) is 1. The van der Waals surface area contributed by atoms with Gasteiger partial charge in [0.2, 0.25) is 17.7 Å². The smallest absolute Gasteiger partial charge is 0.327 e. The number of carboxylic acid groups (broad SMARTS) is 2. The number of thiol groups is 1. The normalized spacial score (nSPS) is 16.0. The summed E-state index contributed by atoms with van der Waals surface area (Å²) < 4.78 is 0. The summed E-state index contributed by atoms with van der Waals surface area (Å²) in [5.74, 6) is -5.60. The molecule has 0 aromatic heterocycles. The molecule has 0 radical (unpaired) electrons. The van der Waals surface area contributed by atoms with Crippen LogP contribution < -0.4 is 21.7 Å². The summed E-state index contributed by atoms with van der Waals surface area (Å²) >= 11 is 3.82. The topological polar surface area (TPSA) is 208 Å². The van der Waals surface area contributed by atoms with E-state index in [-0.39, 0.29) is 18.6 Å². The second-order valence-electron chi connectivity index (χ2n) is 7.08. The van der Waals surface area contributed by atoms with Crippen LogP contribution in [-0.2, 0) is 24.0 Å². The van der Waals surface area contributed by atoms with E-state index in [9.17, 15) is 29.1 Å². The lowest BCUT2D eigenvalue weighted by Crippen LogP contribution is -2.61. The number of aliphatic hydroxyl groups is 1. The van der Waals surface area contributed by atoms with E-state index in [4.69, 9.17) is 15.9 Å². The van der Waals surface area contributed by atoms with Gasteiger partial charge in [-0.25, -0.2) is 4.79 Å². The molecule has 0 fully saturated rings. The lowest BCUT2D eigenvalue weighted by molar-refractivity contribution is -0.142. The number of hydrogen-bond acceptors (Lipinski definition) is 8. The molecule has 0 bridgehead atoms. The number of hydrogen-bond donors (Lipinski definition) is 8. The largest absolute Gasteiger partial charge is 0.481 e. The predicted octanol–water partition coefficient (Wildman–Crippen LogP) is -2.32. The van der Waals surface area contributed by atoms with Gasteiger partial charge in [-0.15, -0.1) is 0 Å². The quantitative estimate of drug-likeness (QED) is 0.141. The first kappa shape index (κ1) is 27.6. The number of amides is 3. The maximum atomic E-state index is 12.6. The maximum absolute atomic E-state index is 12.6. The molecule has 0 aliphatic carbocycles. The van der Waals surface area contributed by atoms with E-state index >= 15 is 0 Å². The second-order valence-corrected chi connectivity index (χ2v) is 7.44. The highest BCUT2D eigenvalue weighted by molar-refractivity contribution is 7.80. The molecule has 0 aliphatic rings. The average Bonchev–Trinajstić information content (AvgIpc) is 2.64. The van der Waals surface area contributed by atoms with Crippen LogP contribution in [0.5, 0.6) is 0 Å². The maximum Gasteiger partial charge on any atom is 0.327 e. The third-order valence-corrected chi connectivity index (χ3v) is 4.48. The van der Waals surface area contributed by atoms with Gasteiger partial charge >= 0.3 is 11.9 Å². The highest BCUT2D eigenvalue weighted by Gasteiger charge is 2.33. The molecule has 0 saturated heterocycles. The number of carbonyl (C=O) groups excluding carboxylic acids is 3. The molecule has 0 aliphatic heterocycles. The predicted molar refractivity (Wildman–Crippen MR) is 109 cm³/mol. The van der Waals surface area contributed by atoms with Crippen LogP contribution in [0.1, 0.15) is 33.6 Å². The van der Waals surface area contributed by atoms with Crippen molar-refractivity contribution in [2.45, 2.75) is 63.9 Å². The van der Waals surface area contributed by atoms with Gasteiger partial charge in [0.25, 0.3) is 0 Å². The van der Waals surface area contributed by atoms with E-state index in [0.29, 0.717) is 0 Å². The second kappa shape index (κ2) is 13.0. The van der Waals surface area contributed by atoms with Gasteiger partial charge in [-0.2, -0.15) is 12.6 Å². The van der Waals surface area contributed by atoms with Gasteiger partial charge in [-0.1, -0.05) is 13.8 Å². The van der Waals surface area contributed by atoms with Crippen LogP contribution in [0.25, 0.3) is 0 Å². The number of nitrogens with one attached hydrogen (secondary N) is 3.